The van der Waals surface area contributed by atoms with Crippen molar-refractivity contribution in [2.45, 2.75) is 44.3 Å². The summed E-state index contributed by atoms with van der Waals surface area (Å²) in [5.41, 5.74) is 1.46. The van der Waals surface area contributed by atoms with Gasteiger partial charge in [-0.3, -0.25) is 4.79 Å². The van der Waals surface area contributed by atoms with Crippen molar-refractivity contribution in [3.63, 3.8) is 0 Å². The third kappa shape index (κ3) is 3.20. The van der Waals surface area contributed by atoms with Gasteiger partial charge in [-0.25, -0.2) is 0 Å². The van der Waals surface area contributed by atoms with Crippen molar-refractivity contribution in [3.05, 3.63) is 29.3 Å². The van der Waals surface area contributed by atoms with E-state index in [0.29, 0.717) is 25.0 Å². The Morgan fingerprint density at radius 1 is 1.27 bits per heavy atom. The smallest absolute Gasteiger partial charge is 0.391 e. The van der Waals surface area contributed by atoms with E-state index >= 15 is 0 Å². The van der Waals surface area contributed by atoms with E-state index < -0.39 is 18.1 Å². The van der Waals surface area contributed by atoms with Crippen molar-refractivity contribution < 1.29 is 22.7 Å². The van der Waals surface area contributed by atoms with E-state index in [9.17, 15) is 18.0 Å². The number of hydrogen-bond donors (Lipinski definition) is 1. The lowest BCUT2D eigenvalue weighted by Crippen LogP contribution is -2.41. The summed E-state index contributed by atoms with van der Waals surface area (Å²) in [6, 6.07) is 4.76. The number of benzene rings is 1. The van der Waals surface area contributed by atoms with Crippen LogP contribution in [0.2, 0.25) is 0 Å². The molecule has 0 bridgehead atoms. The summed E-state index contributed by atoms with van der Waals surface area (Å²) in [4.78, 5) is 12.2. The Kier molecular flexibility index (Phi) is 4.02. The first kappa shape index (κ1) is 15.2. The largest absolute Gasteiger partial charge is 0.493 e. The van der Waals surface area contributed by atoms with Gasteiger partial charge in [-0.05, 0) is 43.0 Å². The van der Waals surface area contributed by atoms with Crippen LogP contribution < -0.4 is 10.1 Å². The Morgan fingerprint density at radius 3 is 2.86 bits per heavy atom. The van der Waals surface area contributed by atoms with E-state index in [2.05, 4.69) is 5.32 Å². The molecule has 3 nitrogen and oxygen atoms in total. The summed E-state index contributed by atoms with van der Waals surface area (Å²) >= 11 is 0. The van der Waals surface area contributed by atoms with Gasteiger partial charge in [-0.1, -0.05) is 6.42 Å². The SMILES string of the molecule is O=C(NC1CCCC(C(F)(F)F)C1)c1ccc2c(c1)CCO2. The molecule has 0 spiro atoms. The van der Waals surface area contributed by atoms with E-state index in [0.717, 1.165) is 17.7 Å². The van der Waals surface area contributed by atoms with Crippen LogP contribution in [0.1, 0.15) is 41.6 Å². The van der Waals surface area contributed by atoms with E-state index in [4.69, 9.17) is 4.74 Å². The maximum absolute atomic E-state index is 12.8. The van der Waals surface area contributed by atoms with E-state index in [1.165, 1.54) is 0 Å². The van der Waals surface area contributed by atoms with Crippen LogP contribution in [-0.4, -0.2) is 24.7 Å². The number of fused-ring (bicyclic) bond motifs is 1. The van der Waals surface area contributed by atoms with Gasteiger partial charge < -0.3 is 10.1 Å². The van der Waals surface area contributed by atoms with Crippen molar-refractivity contribution in [1.82, 2.24) is 5.32 Å². The molecule has 1 aliphatic carbocycles. The van der Waals surface area contributed by atoms with Crippen LogP contribution in [0.4, 0.5) is 13.2 Å². The molecular formula is C16H18F3NO2. The van der Waals surface area contributed by atoms with Gasteiger partial charge in [0.25, 0.3) is 5.91 Å². The summed E-state index contributed by atoms with van der Waals surface area (Å²) in [7, 11) is 0. The Hall–Kier alpha value is -1.72. The summed E-state index contributed by atoms with van der Waals surface area (Å²) in [6.07, 6.45) is -2.18. The fraction of sp³-hybridized carbons (Fsp3) is 0.562. The van der Waals surface area contributed by atoms with E-state index in [1.807, 2.05) is 0 Å². The number of alkyl halides is 3. The van der Waals surface area contributed by atoms with Crippen molar-refractivity contribution in [1.29, 1.82) is 0 Å². The van der Waals surface area contributed by atoms with Crippen LogP contribution in [0.3, 0.4) is 0 Å². The molecule has 22 heavy (non-hydrogen) atoms. The summed E-state index contributed by atoms with van der Waals surface area (Å²) in [5.74, 6) is -0.825. The molecular weight excluding hydrogens is 295 g/mol. The van der Waals surface area contributed by atoms with Crippen LogP contribution in [0.5, 0.6) is 5.75 Å². The van der Waals surface area contributed by atoms with Gasteiger partial charge in [0.2, 0.25) is 0 Å². The lowest BCUT2D eigenvalue weighted by Gasteiger charge is -2.31. The maximum Gasteiger partial charge on any atom is 0.391 e. The highest BCUT2D eigenvalue weighted by Crippen LogP contribution is 2.37. The Morgan fingerprint density at radius 2 is 2.09 bits per heavy atom. The minimum Gasteiger partial charge on any atom is -0.493 e. The molecule has 0 saturated heterocycles. The van der Waals surface area contributed by atoms with Gasteiger partial charge in [-0.2, -0.15) is 13.2 Å². The second-order valence-electron chi connectivity index (χ2n) is 6.00. The van der Waals surface area contributed by atoms with Crippen molar-refractivity contribution in [2.24, 2.45) is 5.92 Å². The molecule has 1 saturated carbocycles. The molecule has 3 rings (SSSR count). The lowest BCUT2D eigenvalue weighted by atomic mass is 9.85. The molecule has 1 aliphatic heterocycles. The van der Waals surface area contributed by atoms with Crippen LogP contribution in [0.15, 0.2) is 18.2 Å². The Balaban J connectivity index is 1.64. The zero-order valence-corrected chi connectivity index (χ0v) is 12.1. The average Bonchev–Trinajstić information content (AvgIpc) is 2.94. The van der Waals surface area contributed by atoms with Gasteiger partial charge in [0.15, 0.2) is 0 Å². The maximum atomic E-state index is 12.8. The van der Waals surface area contributed by atoms with Crippen LogP contribution in [-0.2, 0) is 6.42 Å². The number of amides is 1. The fourth-order valence-electron chi connectivity index (χ4n) is 3.21. The summed E-state index contributed by atoms with van der Waals surface area (Å²) in [5, 5.41) is 2.75. The zero-order valence-electron chi connectivity index (χ0n) is 12.1. The zero-order chi connectivity index (χ0) is 15.7. The van der Waals surface area contributed by atoms with Gasteiger partial charge in [0.05, 0.1) is 12.5 Å². The monoisotopic (exact) mass is 313 g/mol. The van der Waals surface area contributed by atoms with Gasteiger partial charge in [-0.15, -0.1) is 0 Å². The third-order valence-electron chi connectivity index (χ3n) is 4.42. The molecule has 1 N–H and O–H groups in total. The Labute approximate surface area is 126 Å². The first-order chi connectivity index (χ1) is 10.4. The van der Waals surface area contributed by atoms with Crippen molar-refractivity contribution in [3.8, 4) is 5.75 Å². The standard InChI is InChI=1S/C16H18F3NO2/c17-16(18,19)12-2-1-3-13(9-12)20-15(21)11-4-5-14-10(8-11)6-7-22-14/h4-5,8,12-13H,1-3,6-7,9H2,(H,20,21). The molecule has 6 heteroatoms. The highest BCUT2D eigenvalue weighted by atomic mass is 19.4. The first-order valence-corrected chi connectivity index (χ1v) is 7.57. The highest BCUT2D eigenvalue weighted by molar-refractivity contribution is 5.94. The van der Waals surface area contributed by atoms with Crippen LogP contribution in [0, 0.1) is 5.92 Å². The number of hydrogen-bond acceptors (Lipinski definition) is 2. The molecule has 1 heterocycles. The molecule has 120 valence electrons. The molecule has 2 aliphatic rings. The van der Waals surface area contributed by atoms with Crippen molar-refractivity contribution >= 4 is 5.91 Å². The predicted molar refractivity (Wildman–Crippen MR) is 74.9 cm³/mol. The predicted octanol–water partition coefficient (Wildman–Crippen LogP) is 3.47. The number of carbonyl (C=O) groups is 1. The Bertz CT molecular complexity index is 571. The molecule has 0 radical (unpaired) electrons. The summed E-state index contributed by atoms with van der Waals surface area (Å²) in [6.45, 7) is 0.607. The third-order valence-corrected chi connectivity index (χ3v) is 4.42. The molecule has 1 fully saturated rings. The second-order valence-corrected chi connectivity index (χ2v) is 6.00. The van der Waals surface area contributed by atoms with Crippen molar-refractivity contribution in [2.75, 3.05) is 6.61 Å². The van der Waals surface area contributed by atoms with Gasteiger partial charge >= 0.3 is 6.18 Å². The minimum atomic E-state index is -4.17. The normalized spacial score (nSPS) is 24.5. The lowest BCUT2D eigenvalue weighted by molar-refractivity contribution is -0.183. The minimum absolute atomic E-state index is 0.0245. The molecule has 1 aromatic carbocycles. The van der Waals surface area contributed by atoms with Crippen LogP contribution in [0.25, 0.3) is 0 Å². The molecule has 1 aromatic rings. The molecule has 2 unspecified atom stereocenters. The van der Waals surface area contributed by atoms with E-state index in [1.54, 1.807) is 18.2 Å². The number of ether oxygens (including phenoxy) is 1. The topological polar surface area (TPSA) is 38.3 Å². The molecule has 0 aromatic heterocycles. The van der Waals surface area contributed by atoms with E-state index in [-0.39, 0.29) is 18.7 Å². The second kappa shape index (κ2) is 5.82. The highest BCUT2D eigenvalue weighted by Gasteiger charge is 2.42. The fourth-order valence-corrected chi connectivity index (χ4v) is 3.21. The number of rotatable bonds is 2. The molecule has 1 amide bonds. The van der Waals surface area contributed by atoms with Gasteiger partial charge in [0, 0.05) is 18.0 Å². The van der Waals surface area contributed by atoms with Gasteiger partial charge in [0.1, 0.15) is 5.75 Å². The first-order valence-electron chi connectivity index (χ1n) is 7.57. The number of nitrogens with one attached hydrogen (secondary N) is 1. The molecule has 2 atom stereocenters. The summed E-state index contributed by atoms with van der Waals surface area (Å²) < 4.78 is 43.8. The number of halogens is 3. The number of carbonyl (C=O) groups excluding carboxylic acids is 1. The van der Waals surface area contributed by atoms with Crippen LogP contribution >= 0.6 is 0 Å². The average molecular weight is 313 g/mol. The quantitative estimate of drug-likeness (QED) is 0.908.